The van der Waals surface area contributed by atoms with E-state index in [9.17, 15) is 14.4 Å². The number of anilines is 1. The van der Waals surface area contributed by atoms with Gasteiger partial charge in [-0.3, -0.25) is 24.2 Å². The molecule has 0 bridgehead atoms. The molecule has 0 saturated carbocycles. The summed E-state index contributed by atoms with van der Waals surface area (Å²) >= 11 is 0. The second-order valence-corrected chi connectivity index (χ2v) is 12.5. The highest BCUT2D eigenvalue weighted by Crippen LogP contribution is 2.36. The van der Waals surface area contributed by atoms with Crippen molar-refractivity contribution in [2.24, 2.45) is 0 Å². The van der Waals surface area contributed by atoms with Crippen molar-refractivity contribution < 1.29 is 23.1 Å². The van der Waals surface area contributed by atoms with Crippen LogP contribution in [0.15, 0.2) is 62.7 Å². The second-order valence-electron chi connectivity index (χ2n) is 12.5. The van der Waals surface area contributed by atoms with E-state index in [2.05, 4.69) is 20.4 Å². The van der Waals surface area contributed by atoms with Gasteiger partial charge in [0.2, 0.25) is 5.43 Å². The van der Waals surface area contributed by atoms with Gasteiger partial charge in [-0.2, -0.15) is 0 Å². The maximum Gasteiger partial charge on any atom is 0.256 e. The van der Waals surface area contributed by atoms with E-state index in [-0.39, 0.29) is 27.6 Å². The van der Waals surface area contributed by atoms with Gasteiger partial charge in [0.05, 0.1) is 37.3 Å². The fraction of sp³-hybridized carbons (Fsp3) is 0.361. The third-order valence-corrected chi connectivity index (χ3v) is 9.59. The summed E-state index contributed by atoms with van der Waals surface area (Å²) in [6.45, 7) is 8.21. The first kappa shape index (κ1) is 30.7. The van der Waals surface area contributed by atoms with Gasteiger partial charge in [0.25, 0.3) is 5.91 Å². The Kier molecular flexibility index (Phi) is 8.17. The van der Waals surface area contributed by atoms with E-state index in [0.717, 1.165) is 49.9 Å². The van der Waals surface area contributed by atoms with Crippen molar-refractivity contribution >= 4 is 60.7 Å². The molecule has 2 aliphatic heterocycles. The zero-order chi connectivity index (χ0) is 32.8. The first-order valence-corrected chi connectivity index (χ1v) is 16.5. The van der Waals surface area contributed by atoms with E-state index in [1.807, 2.05) is 24.3 Å². The number of amides is 1. The average molecular weight is 654 g/mol. The van der Waals surface area contributed by atoms with E-state index in [1.54, 1.807) is 16.5 Å². The highest BCUT2D eigenvalue weighted by Gasteiger charge is 2.24. The number of pyridine rings is 1. The van der Waals surface area contributed by atoms with Gasteiger partial charge in [0.1, 0.15) is 16.8 Å². The molecule has 2 fully saturated rings. The van der Waals surface area contributed by atoms with Crippen LogP contribution in [0.4, 0.5) is 10.1 Å². The van der Waals surface area contributed by atoms with Crippen LogP contribution in [0.25, 0.3) is 49.1 Å². The van der Waals surface area contributed by atoms with E-state index in [4.69, 9.17) is 13.9 Å². The smallest absolute Gasteiger partial charge is 0.256 e. The first-order valence-electron chi connectivity index (χ1n) is 16.5. The molecule has 2 aromatic heterocycles. The highest BCUT2D eigenvalue weighted by molar-refractivity contribution is 6.15. The Hall–Kier alpha value is -4.62. The van der Waals surface area contributed by atoms with Gasteiger partial charge < -0.3 is 28.9 Å². The molecule has 2 saturated heterocycles. The summed E-state index contributed by atoms with van der Waals surface area (Å²) in [6.07, 6.45) is 2.26. The number of aromatic nitrogens is 1. The van der Waals surface area contributed by atoms with E-state index in [0.29, 0.717) is 73.5 Å². The van der Waals surface area contributed by atoms with Crippen LogP contribution in [0.5, 0.6) is 0 Å². The number of benzene rings is 3. The Bertz CT molecular complexity index is 2290. The van der Waals surface area contributed by atoms with Crippen molar-refractivity contribution in [2.45, 2.75) is 6.42 Å². The molecule has 0 spiro atoms. The van der Waals surface area contributed by atoms with Crippen molar-refractivity contribution in [3.8, 4) is 0 Å². The fourth-order valence-electron chi connectivity index (χ4n) is 7.05. The molecule has 4 aromatic carbocycles. The summed E-state index contributed by atoms with van der Waals surface area (Å²) in [4.78, 5) is 45.3. The average Bonchev–Trinajstić information content (AvgIpc) is 3.39. The lowest BCUT2D eigenvalue weighted by molar-refractivity contribution is 0.0378. The van der Waals surface area contributed by atoms with Crippen LogP contribution in [-0.2, 0) is 9.47 Å². The number of rotatable bonds is 9. The molecule has 4 heterocycles. The Labute approximate surface area is 274 Å². The second kappa shape index (κ2) is 12.8. The van der Waals surface area contributed by atoms with Gasteiger partial charge in [-0.05, 0) is 41.9 Å². The number of morpholine rings is 2. The normalized spacial score (nSPS) is 16.5. The Morgan fingerprint density at radius 3 is 2.25 bits per heavy atom. The number of halogens is 1. The molecule has 2 aliphatic rings. The third-order valence-electron chi connectivity index (χ3n) is 9.59. The highest BCUT2D eigenvalue weighted by atomic mass is 19.1. The maximum absolute atomic E-state index is 16.0. The number of nitrogens with one attached hydrogen (secondary N) is 2. The lowest BCUT2D eigenvalue weighted by atomic mass is 10.1. The summed E-state index contributed by atoms with van der Waals surface area (Å²) in [7, 11) is 0. The van der Waals surface area contributed by atoms with E-state index >= 15 is 4.39 Å². The SMILES string of the molecule is O=C(NCCN1CCOCC1)c1cn2c3cc4c(cc3oc3c(NCCCN5CCOCC5)c(F)cc(c1=O)c32)c(=O)c1ccccc14. The standard InChI is InChI=1S/C36H36FN5O6/c37-28-18-26-32-35(31(28)38-6-3-8-40-10-14-46-15-11-40)48-30-20-25-24(22-4-1-2-5-23(22)33(25)43)19-29(30)42(32)21-27(34(26)44)36(45)39-7-9-41-12-16-47-17-13-41/h1-2,4-5,18-21,38H,3,6-17H2,(H,39,45). The summed E-state index contributed by atoms with van der Waals surface area (Å²) in [5.41, 5.74) is 0.680. The molecule has 48 heavy (non-hydrogen) atoms. The largest absolute Gasteiger partial charge is 0.451 e. The first-order chi connectivity index (χ1) is 23.5. The van der Waals surface area contributed by atoms with Gasteiger partial charge in [0.15, 0.2) is 22.4 Å². The number of hydrogen-bond acceptors (Lipinski definition) is 9. The minimum atomic E-state index is -0.662. The number of ether oxygens (including phenoxy) is 2. The summed E-state index contributed by atoms with van der Waals surface area (Å²) < 4.78 is 35.0. The Morgan fingerprint density at radius 1 is 0.792 bits per heavy atom. The topological polar surface area (TPSA) is 118 Å². The molecule has 0 unspecified atom stereocenters. The molecule has 6 aromatic rings. The van der Waals surface area contributed by atoms with Crippen molar-refractivity contribution in [3.05, 3.63) is 80.5 Å². The van der Waals surface area contributed by atoms with Gasteiger partial charge in [-0.25, -0.2) is 4.39 Å². The van der Waals surface area contributed by atoms with Crippen LogP contribution in [0, 0.1) is 5.82 Å². The minimum absolute atomic E-state index is 0.0322. The molecule has 2 N–H and O–H groups in total. The molecular weight excluding hydrogens is 617 g/mol. The maximum atomic E-state index is 16.0. The molecule has 12 heteroatoms. The Balaban J connectivity index is 1.24. The molecule has 11 nitrogen and oxygen atoms in total. The van der Waals surface area contributed by atoms with Crippen molar-refractivity contribution in [1.29, 1.82) is 0 Å². The van der Waals surface area contributed by atoms with Gasteiger partial charge in [-0.1, -0.05) is 24.3 Å². The lowest BCUT2D eigenvalue weighted by Gasteiger charge is -2.26. The lowest BCUT2D eigenvalue weighted by Crippen LogP contribution is -2.42. The van der Waals surface area contributed by atoms with Crippen molar-refractivity contribution in [3.63, 3.8) is 0 Å². The van der Waals surface area contributed by atoms with Gasteiger partial charge >= 0.3 is 0 Å². The van der Waals surface area contributed by atoms with E-state index < -0.39 is 17.2 Å². The van der Waals surface area contributed by atoms with Crippen LogP contribution < -0.4 is 21.5 Å². The van der Waals surface area contributed by atoms with Crippen LogP contribution in [0.2, 0.25) is 0 Å². The minimum Gasteiger partial charge on any atom is -0.451 e. The van der Waals surface area contributed by atoms with Crippen molar-refractivity contribution in [2.75, 3.05) is 84.1 Å². The zero-order valence-corrected chi connectivity index (χ0v) is 26.5. The monoisotopic (exact) mass is 653 g/mol. The molecule has 0 aliphatic carbocycles. The predicted octanol–water partition coefficient (Wildman–Crippen LogP) is 3.64. The van der Waals surface area contributed by atoms with Crippen LogP contribution >= 0.6 is 0 Å². The van der Waals surface area contributed by atoms with Crippen LogP contribution in [0.1, 0.15) is 16.8 Å². The molecule has 0 atom stereocenters. The molecule has 8 rings (SSSR count). The van der Waals surface area contributed by atoms with Crippen LogP contribution in [0.3, 0.4) is 0 Å². The third kappa shape index (κ3) is 5.44. The van der Waals surface area contributed by atoms with Gasteiger partial charge in [-0.15, -0.1) is 0 Å². The summed E-state index contributed by atoms with van der Waals surface area (Å²) in [6, 6.07) is 12.1. The molecule has 248 valence electrons. The zero-order valence-electron chi connectivity index (χ0n) is 26.5. The number of fused-ring (bicyclic) bond motifs is 5. The summed E-state index contributed by atoms with van der Waals surface area (Å²) in [5, 5.41) is 8.72. The quantitative estimate of drug-likeness (QED) is 0.137. The summed E-state index contributed by atoms with van der Waals surface area (Å²) in [5.74, 6) is -1.20. The van der Waals surface area contributed by atoms with E-state index in [1.165, 1.54) is 12.3 Å². The van der Waals surface area contributed by atoms with Crippen molar-refractivity contribution in [1.82, 2.24) is 19.5 Å². The molecule has 0 radical (unpaired) electrons. The molecular formula is C36H36FN5O6. The predicted molar refractivity (Wildman–Crippen MR) is 183 cm³/mol. The molecule has 1 amide bonds. The number of carbonyl (C=O) groups is 1. The number of carbonyl (C=O) groups excluding carboxylic acids is 1. The van der Waals surface area contributed by atoms with Crippen LogP contribution in [-0.4, -0.2) is 98.9 Å². The fourth-order valence-corrected chi connectivity index (χ4v) is 7.05. The number of nitrogens with zero attached hydrogens (tertiary/aromatic N) is 3. The number of hydrogen-bond donors (Lipinski definition) is 2. The van der Waals surface area contributed by atoms with Gasteiger partial charge in [0, 0.05) is 62.8 Å². The Morgan fingerprint density at radius 2 is 1.50 bits per heavy atom.